The van der Waals surface area contributed by atoms with Crippen LogP contribution in [0, 0.1) is 0 Å². The fraction of sp³-hybridized carbons (Fsp3) is 0.250. The van der Waals surface area contributed by atoms with Gasteiger partial charge >= 0.3 is 0 Å². The van der Waals surface area contributed by atoms with Gasteiger partial charge < -0.3 is 5.11 Å². The van der Waals surface area contributed by atoms with Crippen LogP contribution < -0.4 is 0 Å². The third-order valence-electron chi connectivity index (χ3n) is 2.46. The SMILES string of the molecule is CCCn1nccc1-c1cc(Cl)c(O)cc1Cl. The summed E-state index contributed by atoms with van der Waals surface area (Å²) >= 11 is 12.0. The van der Waals surface area contributed by atoms with E-state index in [1.165, 1.54) is 6.07 Å². The number of aryl methyl sites for hydroxylation is 1. The van der Waals surface area contributed by atoms with Gasteiger partial charge in [-0.05, 0) is 18.6 Å². The van der Waals surface area contributed by atoms with Crippen molar-refractivity contribution < 1.29 is 5.11 Å². The van der Waals surface area contributed by atoms with Crippen LogP contribution in [-0.4, -0.2) is 14.9 Å². The predicted molar refractivity (Wildman–Crippen MR) is 69.6 cm³/mol. The van der Waals surface area contributed by atoms with Crippen LogP contribution in [0.2, 0.25) is 10.0 Å². The topological polar surface area (TPSA) is 38.0 Å². The third-order valence-corrected chi connectivity index (χ3v) is 3.08. The Balaban J connectivity index is 2.52. The zero-order chi connectivity index (χ0) is 12.4. The van der Waals surface area contributed by atoms with Crippen molar-refractivity contribution in [2.45, 2.75) is 19.9 Å². The Kier molecular flexibility index (Phi) is 3.60. The first kappa shape index (κ1) is 12.3. The molecule has 0 aliphatic carbocycles. The second-order valence-electron chi connectivity index (χ2n) is 3.72. The van der Waals surface area contributed by atoms with E-state index in [-0.39, 0.29) is 10.8 Å². The first-order valence-corrected chi connectivity index (χ1v) is 6.09. The first-order chi connectivity index (χ1) is 8.13. The van der Waals surface area contributed by atoms with Crippen molar-refractivity contribution >= 4 is 23.2 Å². The molecule has 0 bridgehead atoms. The molecule has 0 saturated heterocycles. The Morgan fingerprint density at radius 1 is 1.29 bits per heavy atom. The molecule has 17 heavy (non-hydrogen) atoms. The van der Waals surface area contributed by atoms with E-state index in [1.807, 2.05) is 10.7 Å². The van der Waals surface area contributed by atoms with Gasteiger partial charge in [0.1, 0.15) is 5.75 Å². The zero-order valence-corrected chi connectivity index (χ0v) is 10.8. The number of phenolic OH excluding ortho intramolecular Hbond substituents is 1. The normalized spacial score (nSPS) is 10.8. The van der Waals surface area contributed by atoms with E-state index in [0.717, 1.165) is 24.2 Å². The number of halogens is 2. The van der Waals surface area contributed by atoms with Crippen molar-refractivity contribution in [1.82, 2.24) is 9.78 Å². The highest BCUT2D eigenvalue weighted by Gasteiger charge is 2.12. The number of hydrogen-bond acceptors (Lipinski definition) is 2. The minimum absolute atomic E-state index is 0.0121. The average Bonchev–Trinajstić information content (AvgIpc) is 2.72. The number of aromatic nitrogens is 2. The number of phenols is 1. The minimum atomic E-state index is -0.0121. The zero-order valence-electron chi connectivity index (χ0n) is 9.32. The minimum Gasteiger partial charge on any atom is -0.506 e. The number of hydrogen-bond donors (Lipinski definition) is 1. The quantitative estimate of drug-likeness (QED) is 0.917. The van der Waals surface area contributed by atoms with Crippen molar-refractivity contribution in [2.75, 3.05) is 0 Å². The number of aromatic hydroxyl groups is 1. The molecule has 5 heteroatoms. The summed E-state index contributed by atoms with van der Waals surface area (Å²) in [6.45, 7) is 2.90. The van der Waals surface area contributed by atoms with Crippen LogP contribution in [0.15, 0.2) is 24.4 Å². The number of nitrogens with zero attached hydrogens (tertiary/aromatic N) is 2. The van der Waals surface area contributed by atoms with E-state index in [4.69, 9.17) is 23.2 Å². The van der Waals surface area contributed by atoms with E-state index in [2.05, 4.69) is 12.0 Å². The maximum Gasteiger partial charge on any atom is 0.135 e. The van der Waals surface area contributed by atoms with Crippen molar-refractivity contribution in [3.05, 3.63) is 34.4 Å². The lowest BCUT2D eigenvalue weighted by atomic mass is 10.1. The maximum absolute atomic E-state index is 9.46. The summed E-state index contributed by atoms with van der Waals surface area (Å²) in [4.78, 5) is 0. The lowest BCUT2D eigenvalue weighted by Gasteiger charge is -2.09. The molecule has 90 valence electrons. The van der Waals surface area contributed by atoms with Crippen LogP contribution in [0.3, 0.4) is 0 Å². The number of rotatable bonds is 3. The Bertz CT molecular complexity index is 537. The number of benzene rings is 1. The van der Waals surface area contributed by atoms with Crippen molar-refractivity contribution in [1.29, 1.82) is 0 Å². The van der Waals surface area contributed by atoms with Crippen LogP contribution in [0.1, 0.15) is 13.3 Å². The molecule has 2 rings (SSSR count). The lowest BCUT2D eigenvalue weighted by molar-refractivity contribution is 0.475. The first-order valence-electron chi connectivity index (χ1n) is 5.33. The molecule has 0 radical (unpaired) electrons. The summed E-state index contributed by atoms with van der Waals surface area (Å²) in [6, 6.07) is 4.98. The molecule has 0 fully saturated rings. The van der Waals surface area contributed by atoms with Gasteiger partial charge in [-0.3, -0.25) is 4.68 Å². The molecule has 2 aromatic rings. The van der Waals surface area contributed by atoms with Gasteiger partial charge in [-0.25, -0.2) is 0 Å². The van der Waals surface area contributed by atoms with Crippen molar-refractivity contribution in [3.63, 3.8) is 0 Å². The summed E-state index contributed by atoms with van der Waals surface area (Å²) in [5.41, 5.74) is 1.68. The van der Waals surface area contributed by atoms with Gasteiger partial charge in [0.15, 0.2) is 0 Å². The van der Waals surface area contributed by atoms with E-state index < -0.39 is 0 Å². The monoisotopic (exact) mass is 270 g/mol. The Morgan fingerprint density at radius 3 is 2.76 bits per heavy atom. The van der Waals surface area contributed by atoms with Crippen LogP contribution in [-0.2, 0) is 6.54 Å². The molecule has 0 amide bonds. The Hall–Kier alpha value is -1.19. The second kappa shape index (κ2) is 4.98. The van der Waals surface area contributed by atoms with E-state index in [1.54, 1.807) is 12.3 Å². The van der Waals surface area contributed by atoms with Gasteiger partial charge in [0.05, 0.1) is 15.7 Å². The molecule has 0 unspecified atom stereocenters. The molecule has 0 atom stereocenters. The van der Waals surface area contributed by atoms with Gasteiger partial charge in [0.25, 0.3) is 0 Å². The van der Waals surface area contributed by atoms with Gasteiger partial charge in [-0.1, -0.05) is 30.1 Å². The molecule has 0 aliphatic heterocycles. The Morgan fingerprint density at radius 2 is 2.06 bits per heavy atom. The highest BCUT2D eigenvalue weighted by molar-refractivity contribution is 6.36. The summed E-state index contributed by atoms with van der Waals surface area (Å²) in [5.74, 6) is -0.0121. The Labute approximate surface area is 110 Å². The van der Waals surface area contributed by atoms with E-state index in [0.29, 0.717) is 5.02 Å². The van der Waals surface area contributed by atoms with E-state index in [9.17, 15) is 5.11 Å². The molecule has 0 saturated carbocycles. The summed E-state index contributed by atoms with van der Waals surface area (Å²) in [7, 11) is 0. The lowest BCUT2D eigenvalue weighted by Crippen LogP contribution is -2.01. The third kappa shape index (κ3) is 2.40. The second-order valence-corrected chi connectivity index (χ2v) is 4.54. The molecule has 1 N–H and O–H groups in total. The molecular formula is C12H12Cl2N2O. The predicted octanol–water partition coefficient (Wildman–Crippen LogP) is 3.97. The summed E-state index contributed by atoms with van der Waals surface area (Å²) in [5, 5.41) is 14.4. The standard InChI is InChI=1S/C12H12Cl2N2O/c1-2-5-16-11(3-4-15-16)8-6-10(14)12(17)7-9(8)13/h3-4,6-7,17H,2,5H2,1H3. The van der Waals surface area contributed by atoms with Crippen LogP contribution in [0.5, 0.6) is 5.75 Å². The van der Waals surface area contributed by atoms with Gasteiger partial charge in [0, 0.05) is 24.4 Å². The molecular weight excluding hydrogens is 259 g/mol. The molecule has 1 aromatic carbocycles. The summed E-state index contributed by atoms with van der Waals surface area (Å²) in [6.07, 6.45) is 2.71. The van der Waals surface area contributed by atoms with Crippen molar-refractivity contribution in [2.24, 2.45) is 0 Å². The highest BCUT2D eigenvalue weighted by atomic mass is 35.5. The largest absolute Gasteiger partial charge is 0.506 e. The molecule has 1 aromatic heterocycles. The highest BCUT2D eigenvalue weighted by Crippen LogP contribution is 2.35. The maximum atomic E-state index is 9.46. The van der Waals surface area contributed by atoms with Crippen LogP contribution in [0.25, 0.3) is 11.3 Å². The van der Waals surface area contributed by atoms with Gasteiger partial charge in [-0.15, -0.1) is 0 Å². The molecule has 0 aliphatic rings. The fourth-order valence-corrected chi connectivity index (χ4v) is 2.10. The van der Waals surface area contributed by atoms with Gasteiger partial charge in [-0.2, -0.15) is 5.10 Å². The van der Waals surface area contributed by atoms with E-state index >= 15 is 0 Å². The molecule has 3 nitrogen and oxygen atoms in total. The van der Waals surface area contributed by atoms with Crippen molar-refractivity contribution in [3.8, 4) is 17.0 Å². The average molecular weight is 271 g/mol. The van der Waals surface area contributed by atoms with Crippen LogP contribution in [0.4, 0.5) is 0 Å². The van der Waals surface area contributed by atoms with Crippen LogP contribution >= 0.6 is 23.2 Å². The molecule has 1 heterocycles. The molecule has 0 spiro atoms. The smallest absolute Gasteiger partial charge is 0.135 e. The van der Waals surface area contributed by atoms with Gasteiger partial charge in [0.2, 0.25) is 0 Å². The summed E-state index contributed by atoms with van der Waals surface area (Å²) < 4.78 is 1.87. The fourth-order valence-electron chi connectivity index (χ4n) is 1.68.